The van der Waals surface area contributed by atoms with Gasteiger partial charge in [-0.05, 0) is 64.6 Å². The van der Waals surface area contributed by atoms with Crippen LogP contribution in [0.2, 0.25) is 0 Å². The van der Waals surface area contributed by atoms with E-state index in [9.17, 15) is 9.59 Å². The van der Waals surface area contributed by atoms with Crippen molar-refractivity contribution in [2.45, 2.75) is 77.8 Å². The van der Waals surface area contributed by atoms with Gasteiger partial charge in [0, 0.05) is 18.3 Å². The van der Waals surface area contributed by atoms with Crippen LogP contribution in [0, 0.1) is 19.8 Å². The van der Waals surface area contributed by atoms with Gasteiger partial charge in [0.15, 0.2) is 0 Å². The van der Waals surface area contributed by atoms with Gasteiger partial charge in [0.25, 0.3) is 0 Å². The summed E-state index contributed by atoms with van der Waals surface area (Å²) in [5, 5.41) is 6.33. The molecule has 2 aliphatic rings. The average molecular weight is 386 g/mol. The molecule has 1 saturated heterocycles. The first-order valence-corrected chi connectivity index (χ1v) is 10.9. The number of nitrogens with one attached hydrogen (secondary N) is 2. The Bertz CT molecular complexity index is 697. The maximum atomic E-state index is 12.8. The molecule has 0 spiro atoms. The summed E-state index contributed by atoms with van der Waals surface area (Å²) in [7, 11) is 0. The normalized spacial score (nSPS) is 22.5. The van der Waals surface area contributed by atoms with Crippen molar-refractivity contribution in [2.24, 2.45) is 5.92 Å². The smallest absolute Gasteiger partial charge is 0.241 e. The summed E-state index contributed by atoms with van der Waals surface area (Å²) < 4.78 is 0. The Morgan fingerprint density at radius 1 is 1.07 bits per heavy atom. The zero-order valence-corrected chi connectivity index (χ0v) is 17.6. The van der Waals surface area contributed by atoms with Crippen molar-refractivity contribution in [2.75, 3.05) is 18.4 Å². The van der Waals surface area contributed by atoms with Gasteiger partial charge >= 0.3 is 0 Å². The van der Waals surface area contributed by atoms with E-state index in [1.165, 1.54) is 24.8 Å². The van der Waals surface area contributed by atoms with E-state index in [0.717, 1.165) is 43.5 Å². The van der Waals surface area contributed by atoms with E-state index < -0.39 is 0 Å². The van der Waals surface area contributed by atoms with Gasteiger partial charge in [-0.2, -0.15) is 0 Å². The van der Waals surface area contributed by atoms with Gasteiger partial charge in [-0.25, -0.2) is 0 Å². The molecule has 28 heavy (non-hydrogen) atoms. The van der Waals surface area contributed by atoms with Crippen LogP contribution in [0.4, 0.5) is 5.69 Å². The fraction of sp³-hybridized carbons (Fsp3) is 0.652. The molecular weight excluding hydrogens is 350 g/mol. The van der Waals surface area contributed by atoms with Gasteiger partial charge in [0.05, 0.1) is 12.0 Å². The van der Waals surface area contributed by atoms with E-state index in [1.54, 1.807) is 0 Å². The first-order chi connectivity index (χ1) is 13.4. The Morgan fingerprint density at radius 3 is 2.54 bits per heavy atom. The van der Waals surface area contributed by atoms with E-state index in [2.05, 4.69) is 21.6 Å². The third-order valence-electron chi connectivity index (χ3n) is 6.34. The highest BCUT2D eigenvalue weighted by Crippen LogP contribution is 2.23. The molecule has 0 bridgehead atoms. The fourth-order valence-electron chi connectivity index (χ4n) is 4.50. The van der Waals surface area contributed by atoms with Crippen LogP contribution in [-0.2, 0) is 9.59 Å². The van der Waals surface area contributed by atoms with E-state index in [4.69, 9.17) is 0 Å². The monoisotopic (exact) mass is 385 g/mol. The van der Waals surface area contributed by atoms with Crippen LogP contribution in [0.1, 0.15) is 63.0 Å². The highest BCUT2D eigenvalue weighted by atomic mass is 16.2. The maximum absolute atomic E-state index is 12.8. The van der Waals surface area contributed by atoms with E-state index in [-0.39, 0.29) is 23.8 Å². The molecule has 2 unspecified atom stereocenters. The third-order valence-corrected chi connectivity index (χ3v) is 6.34. The number of carbonyl (C=O) groups excluding carboxylic acids is 2. The van der Waals surface area contributed by atoms with Crippen LogP contribution in [0.15, 0.2) is 18.2 Å². The lowest BCUT2D eigenvalue weighted by atomic mass is 9.92. The second kappa shape index (κ2) is 9.55. The second-order valence-corrected chi connectivity index (χ2v) is 8.66. The Hall–Kier alpha value is -1.88. The summed E-state index contributed by atoms with van der Waals surface area (Å²) in [6.07, 6.45) is 7.82. The average Bonchev–Trinajstić information content (AvgIpc) is 2.70. The Balaban J connectivity index is 1.54. The number of benzene rings is 1. The molecule has 2 N–H and O–H groups in total. The summed E-state index contributed by atoms with van der Waals surface area (Å²) in [5.41, 5.74) is 3.13. The van der Waals surface area contributed by atoms with Crippen molar-refractivity contribution in [3.05, 3.63) is 29.3 Å². The molecule has 1 heterocycles. The molecule has 3 rings (SSSR count). The van der Waals surface area contributed by atoms with Crippen LogP contribution < -0.4 is 10.6 Å². The molecule has 0 aromatic heterocycles. The first kappa shape index (κ1) is 20.8. The summed E-state index contributed by atoms with van der Waals surface area (Å²) in [4.78, 5) is 27.7. The SMILES string of the molecule is Cc1ccc(NC(=O)C(C)N2CCCC(C(=O)NC3CCCCC3)C2)c(C)c1. The number of hydrogen-bond donors (Lipinski definition) is 2. The number of aryl methyl sites for hydroxylation is 2. The van der Waals surface area contributed by atoms with Crippen molar-refractivity contribution in [3.8, 4) is 0 Å². The summed E-state index contributed by atoms with van der Waals surface area (Å²) in [5.74, 6) is 0.172. The van der Waals surface area contributed by atoms with Gasteiger partial charge in [-0.15, -0.1) is 0 Å². The second-order valence-electron chi connectivity index (χ2n) is 8.66. The Morgan fingerprint density at radius 2 is 1.82 bits per heavy atom. The minimum absolute atomic E-state index is 0.000270. The first-order valence-electron chi connectivity index (χ1n) is 10.9. The Kier molecular flexibility index (Phi) is 7.11. The van der Waals surface area contributed by atoms with Gasteiger partial charge in [-0.1, -0.05) is 37.0 Å². The Labute approximate surface area is 169 Å². The molecule has 5 nitrogen and oxygen atoms in total. The molecule has 1 aliphatic heterocycles. The summed E-state index contributed by atoms with van der Waals surface area (Å²) in [6.45, 7) is 7.54. The molecule has 2 fully saturated rings. The molecule has 1 aromatic rings. The maximum Gasteiger partial charge on any atom is 0.241 e. The number of rotatable bonds is 5. The summed E-state index contributed by atoms with van der Waals surface area (Å²) >= 11 is 0. The molecule has 0 radical (unpaired) electrons. The number of nitrogens with zero attached hydrogens (tertiary/aromatic N) is 1. The van der Waals surface area contributed by atoms with Crippen LogP contribution in [0.5, 0.6) is 0 Å². The molecule has 2 atom stereocenters. The quantitative estimate of drug-likeness (QED) is 0.811. The van der Waals surface area contributed by atoms with Crippen molar-refractivity contribution < 1.29 is 9.59 Å². The fourth-order valence-corrected chi connectivity index (χ4v) is 4.50. The van der Waals surface area contributed by atoms with Crippen LogP contribution in [0.25, 0.3) is 0 Å². The highest BCUT2D eigenvalue weighted by molar-refractivity contribution is 5.95. The lowest BCUT2D eigenvalue weighted by molar-refractivity contribution is -0.130. The number of likely N-dealkylation sites (tertiary alicyclic amines) is 1. The third kappa shape index (κ3) is 5.34. The number of hydrogen-bond acceptors (Lipinski definition) is 3. The number of amides is 2. The minimum Gasteiger partial charge on any atom is -0.353 e. The van der Waals surface area contributed by atoms with Gasteiger partial charge < -0.3 is 10.6 Å². The van der Waals surface area contributed by atoms with Crippen molar-refractivity contribution in [3.63, 3.8) is 0 Å². The molecular formula is C23H35N3O2. The predicted molar refractivity (Wildman–Crippen MR) is 113 cm³/mol. The molecule has 2 amide bonds. The van der Waals surface area contributed by atoms with Crippen LogP contribution in [0.3, 0.4) is 0 Å². The number of anilines is 1. The summed E-state index contributed by atoms with van der Waals surface area (Å²) in [6, 6.07) is 6.16. The standard InChI is InChI=1S/C23H35N3O2/c1-16-11-12-21(17(2)14-16)25-22(27)18(3)26-13-7-8-19(15-26)23(28)24-20-9-5-4-6-10-20/h11-12,14,18-20H,4-10,13,15H2,1-3H3,(H,24,28)(H,25,27). The zero-order chi connectivity index (χ0) is 20.1. The van der Waals surface area contributed by atoms with Gasteiger partial charge in [-0.3, -0.25) is 14.5 Å². The zero-order valence-electron chi connectivity index (χ0n) is 17.6. The van der Waals surface area contributed by atoms with Gasteiger partial charge in [0.2, 0.25) is 11.8 Å². The van der Waals surface area contributed by atoms with E-state index >= 15 is 0 Å². The van der Waals surface area contributed by atoms with Crippen molar-refractivity contribution >= 4 is 17.5 Å². The molecule has 154 valence electrons. The van der Waals surface area contributed by atoms with E-state index in [0.29, 0.717) is 12.6 Å². The van der Waals surface area contributed by atoms with E-state index in [1.807, 2.05) is 32.9 Å². The molecule has 1 saturated carbocycles. The van der Waals surface area contributed by atoms with Gasteiger partial charge in [0.1, 0.15) is 0 Å². The highest BCUT2D eigenvalue weighted by Gasteiger charge is 2.32. The predicted octanol–water partition coefficient (Wildman–Crippen LogP) is 3.79. The van der Waals surface area contributed by atoms with Crippen LogP contribution >= 0.6 is 0 Å². The lowest BCUT2D eigenvalue weighted by Gasteiger charge is -2.36. The van der Waals surface area contributed by atoms with Crippen molar-refractivity contribution in [1.29, 1.82) is 0 Å². The molecule has 1 aliphatic carbocycles. The molecule has 5 heteroatoms. The minimum atomic E-state index is -0.244. The topological polar surface area (TPSA) is 61.4 Å². The lowest BCUT2D eigenvalue weighted by Crippen LogP contribution is -2.51. The number of piperidine rings is 1. The van der Waals surface area contributed by atoms with Crippen molar-refractivity contribution in [1.82, 2.24) is 10.2 Å². The largest absolute Gasteiger partial charge is 0.353 e. The number of carbonyl (C=O) groups is 2. The van der Waals surface area contributed by atoms with Crippen LogP contribution in [-0.4, -0.2) is 41.9 Å². The molecule has 1 aromatic carbocycles.